The van der Waals surface area contributed by atoms with Gasteiger partial charge >= 0.3 is 6.18 Å². The van der Waals surface area contributed by atoms with Gasteiger partial charge in [-0.3, -0.25) is 9.59 Å². The fraction of sp³-hybridized carbons (Fsp3) is 0.258. The Morgan fingerprint density at radius 1 is 1.00 bits per heavy atom. The maximum Gasteiger partial charge on any atom is 0.416 e. The number of aryl methyl sites for hydroxylation is 1. The van der Waals surface area contributed by atoms with Gasteiger partial charge in [0.05, 0.1) is 10.6 Å². The molecule has 3 aromatic carbocycles. The Labute approximate surface area is 234 Å². The number of benzene rings is 3. The summed E-state index contributed by atoms with van der Waals surface area (Å²) in [6.07, 6.45) is -2.99. The zero-order chi connectivity index (χ0) is 28.3. The minimum absolute atomic E-state index is 0.149. The van der Waals surface area contributed by atoms with E-state index in [-0.39, 0.29) is 17.7 Å². The predicted molar refractivity (Wildman–Crippen MR) is 149 cm³/mol. The molecule has 0 bridgehead atoms. The van der Waals surface area contributed by atoms with Crippen LogP contribution in [0.1, 0.15) is 61.3 Å². The number of hydrogen-bond donors (Lipinski definition) is 1. The van der Waals surface area contributed by atoms with Crippen LogP contribution < -0.4 is 5.32 Å². The van der Waals surface area contributed by atoms with Crippen LogP contribution in [-0.4, -0.2) is 34.8 Å². The van der Waals surface area contributed by atoms with Gasteiger partial charge in [0.2, 0.25) is 0 Å². The first-order valence-electron chi connectivity index (χ1n) is 13.0. The van der Waals surface area contributed by atoms with Crippen molar-refractivity contribution in [3.8, 4) is 11.1 Å². The Kier molecular flexibility index (Phi) is 8.02. The molecule has 0 radical (unpaired) electrons. The molecule has 206 valence electrons. The molecule has 1 N–H and O–H groups in total. The van der Waals surface area contributed by atoms with Gasteiger partial charge in [-0.1, -0.05) is 60.2 Å². The average Bonchev–Trinajstić information content (AvgIpc) is 3.46. The maximum atomic E-state index is 13.4. The molecular formula is C31H28F3N3O2S. The molecule has 5 rings (SSSR count). The Hall–Kier alpha value is -3.98. The van der Waals surface area contributed by atoms with Gasteiger partial charge in [0, 0.05) is 36.5 Å². The first kappa shape index (κ1) is 27.6. The van der Waals surface area contributed by atoms with Gasteiger partial charge in [0.15, 0.2) is 0 Å². The highest BCUT2D eigenvalue weighted by molar-refractivity contribution is 7.09. The Balaban J connectivity index is 1.20. The first-order chi connectivity index (χ1) is 19.2. The van der Waals surface area contributed by atoms with Gasteiger partial charge in [0.25, 0.3) is 11.8 Å². The van der Waals surface area contributed by atoms with Crippen molar-refractivity contribution in [1.82, 2.24) is 15.2 Å². The number of amides is 2. The van der Waals surface area contributed by atoms with Crippen molar-refractivity contribution >= 4 is 23.2 Å². The van der Waals surface area contributed by atoms with Crippen molar-refractivity contribution in [2.24, 2.45) is 0 Å². The number of hydrogen-bond acceptors (Lipinski definition) is 4. The summed E-state index contributed by atoms with van der Waals surface area (Å²) in [5.74, 6) is -0.210. The molecule has 9 heteroatoms. The second kappa shape index (κ2) is 11.6. The molecule has 2 amide bonds. The predicted octanol–water partition coefficient (Wildman–Crippen LogP) is 7.09. The summed E-state index contributed by atoms with van der Waals surface area (Å²) < 4.78 is 39.0. The van der Waals surface area contributed by atoms with Gasteiger partial charge in [-0.15, -0.1) is 11.3 Å². The number of alkyl halides is 3. The summed E-state index contributed by atoms with van der Waals surface area (Å²) in [6, 6.07) is 19.8. The van der Waals surface area contributed by atoms with E-state index in [4.69, 9.17) is 0 Å². The van der Waals surface area contributed by atoms with E-state index in [0.29, 0.717) is 54.9 Å². The fourth-order valence-corrected chi connectivity index (χ4v) is 5.91. The maximum absolute atomic E-state index is 13.4. The molecule has 0 spiro atoms. The number of thiazole rings is 1. The number of carbonyl (C=O) groups is 2. The van der Waals surface area contributed by atoms with E-state index in [0.717, 1.165) is 28.3 Å². The number of carbonyl (C=O) groups excluding carboxylic acids is 2. The highest BCUT2D eigenvalue weighted by Crippen LogP contribution is 2.34. The Bertz CT molecular complexity index is 1510. The van der Waals surface area contributed by atoms with E-state index in [1.165, 1.54) is 23.5 Å². The molecule has 0 unspecified atom stereocenters. The van der Waals surface area contributed by atoms with Gasteiger partial charge < -0.3 is 10.2 Å². The molecule has 5 nitrogen and oxygen atoms in total. The number of piperidine rings is 1. The van der Waals surface area contributed by atoms with Crippen LogP contribution >= 0.6 is 11.3 Å². The quantitative estimate of drug-likeness (QED) is 0.273. The topological polar surface area (TPSA) is 62.3 Å². The van der Waals surface area contributed by atoms with Crippen LogP contribution in [0.5, 0.6) is 0 Å². The van der Waals surface area contributed by atoms with E-state index in [1.807, 2.05) is 31.2 Å². The van der Waals surface area contributed by atoms with Crippen LogP contribution in [0.3, 0.4) is 0 Å². The lowest BCUT2D eigenvalue weighted by atomic mass is 9.94. The fourth-order valence-electron chi connectivity index (χ4n) is 4.93. The summed E-state index contributed by atoms with van der Waals surface area (Å²) in [6.45, 7) is 3.50. The average molecular weight is 564 g/mol. The minimum Gasteiger partial charge on any atom is -0.347 e. The second-order valence-corrected chi connectivity index (χ2v) is 10.8. The van der Waals surface area contributed by atoms with Crippen molar-refractivity contribution in [2.75, 3.05) is 13.1 Å². The third-order valence-corrected chi connectivity index (χ3v) is 8.11. The molecule has 1 aliphatic rings. The molecule has 1 saturated heterocycles. The number of rotatable bonds is 6. The second-order valence-electron chi connectivity index (χ2n) is 9.93. The lowest BCUT2D eigenvalue weighted by molar-refractivity contribution is -0.137. The highest BCUT2D eigenvalue weighted by atomic mass is 32.1. The van der Waals surface area contributed by atoms with Gasteiger partial charge in [0.1, 0.15) is 5.69 Å². The van der Waals surface area contributed by atoms with Crippen molar-refractivity contribution < 1.29 is 22.8 Å². The van der Waals surface area contributed by atoms with Crippen molar-refractivity contribution in [3.63, 3.8) is 0 Å². The molecule has 0 atom stereocenters. The number of nitrogens with zero attached hydrogens (tertiary/aromatic N) is 2. The molecule has 40 heavy (non-hydrogen) atoms. The van der Waals surface area contributed by atoms with E-state index in [9.17, 15) is 22.8 Å². The molecular weight excluding hydrogens is 535 g/mol. The van der Waals surface area contributed by atoms with Crippen molar-refractivity contribution in [1.29, 1.82) is 0 Å². The summed E-state index contributed by atoms with van der Waals surface area (Å²) in [4.78, 5) is 32.5. The van der Waals surface area contributed by atoms with Crippen LogP contribution in [0.4, 0.5) is 13.2 Å². The van der Waals surface area contributed by atoms with Gasteiger partial charge in [-0.2, -0.15) is 13.2 Å². The van der Waals surface area contributed by atoms with E-state index in [2.05, 4.69) is 10.3 Å². The first-order valence-corrected chi connectivity index (χ1v) is 13.9. The molecule has 1 aliphatic heterocycles. The largest absolute Gasteiger partial charge is 0.416 e. The standard InChI is InChI=1S/C31H28F3N3O2S/c1-20-5-4-6-21(17-20)18-35-28(38)27-19-40-29(36-27)23-13-15-37(16-14-23)30(39)26-8-3-2-7-25(26)22-9-11-24(12-10-22)31(32,33)34/h2-12,17,19,23H,13-16,18H2,1H3,(H,35,38). The summed E-state index contributed by atoms with van der Waals surface area (Å²) >= 11 is 1.46. The van der Waals surface area contributed by atoms with Crippen LogP contribution in [0.25, 0.3) is 11.1 Å². The zero-order valence-electron chi connectivity index (χ0n) is 21.9. The third-order valence-electron chi connectivity index (χ3n) is 7.10. The van der Waals surface area contributed by atoms with E-state index in [1.54, 1.807) is 34.5 Å². The Morgan fingerprint density at radius 2 is 1.73 bits per heavy atom. The SMILES string of the molecule is Cc1cccc(CNC(=O)c2csc(C3CCN(C(=O)c4ccccc4-c4ccc(C(F)(F)F)cc4)CC3)n2)c1. The van der Waals surface area contributed by atoms with E-state index >= 15 is 0 Å². The zero-order valence-corrected chi connectivity index (χ0v) is 22.7. The molecule has 1 aromatic heterocycles. The molecule has 1 fully saturated rings. The normalized spacial score (nSPS) is 14.2. The lowest BCUT2D eigenvalue weighted by Crippen LogP contribution is -2.38. The highest BCUT2D eigenvalue weighted by Gasteiger charge is 2.31. The number of likely N-dealkylation sites (tertiary alicyclic amines) is 1. The smallest absolute Gasteiger partial charge is 0.347 e. The van der Waals surface area contributed by atoms with Crippen LogP contribution in [0, 0.1) is 6.92 Å². The number of halogens is 3. The molecule has 0 saturated carbocycles. The van der Waals surface area contributed by atoms with Gasteiger partial charge in [-0.05, 0) is 54.7 Å². The summed E-state index contributed by atoms with van der Waals surface area (Å²) in [5.41, 5.74) is 3.46. The summed E-state index contributed by atoms with van der Waals surface area (Å²) in [7, 11) is 0. The summed E-state index contributed by atoms with van der Waals surface area (Å²) in [5, 5.41) is 5.59. The van der Waals surface area contributed by atoms with Crippen molar-refractivity contribution in [2.45, 2.75) is 38.4 Å². The monoisotopic (exact) mass is 563 g/mol. The number of aromatic nitrogens is 1. The van der Waals surface area contributed by atoms with Crippen LogP contribution in [0.2, 0.25) is 0 Å². The van der Waals surface area contributed by atoms with Crippen molar-refractivity contribution in [3.05, 3.63) is 111 Å². The molecule has 2 heterocycles. The Morgan fingerprint density at radius 3 is 2.42 bits per heavy atom. The molecule has 0 aliphatic carbocycles. The van der Waals surface area contributed by atoms with Gasteiger partial charge in [-0.25, -0.2) is 4.98 Å². The lowest BCUT2D eigenvalue weighted by Gasteiger charge is -2.31. The van der Waals surface area contributed by atoms with E-state index < -0.39 is 11.7 Å². The number of nitrogens with one attached hydrogen (secondary N) is 1. The van der Waals surface area contributed by atoms with Crippen LogP contribution in [-0.2, 0) is 12.7 Å². The minimum atomic E-state index is -4.42. The van der Waals surface area contributed by atoms with Crippen LogP contribution in [0.15, 0.2) is 78.2 Å². The molecule has 4 aromatic rings. The third kappa shape index (κ3) is 6.25.